The summed E-state index contributed by atoms with van der Waals surface area (Å²) in [6.07, 6.45) is 2.22. The number of hydrogen-bond acceptors (Lipinski definition) is 2. The van der Waals surface area contributed by atoms with E-state index < -0.39 is 5.82 Å². The van der Waals surface area contributed by atoms with Gasteiger partial charge in [-0.2, -0.15) is 0 Å². The summed E-state index contributed by atoms with van der Waals surface area (Å²) in [4.78, 5) is 16.8. The Morgan fingerprint density at radius 3 is 2.65 bits per heavy atom. The van der Waals surface area contributed by atoms with Crippen molar-refractivity contribution < 1.29 is 9.18 Å². The zero-order chi connectivity index (χ0) is 15.8. The standard InChI is InChI=1S/C18H18FN3O/c19-14-7-1-2-8-15(14)20-18(23)22-12-13-6-5-11-21(13)16-9-3-4-10-17(16)22/h1-4,7-10,13H,5-6,11-12H2,(H,20,23)/t13-/m1/s1. The topological polar surface area (TPSA) is 35.6 Å². The number of hydrogen-bond donors (Lipinski definition) is 1. The van der Waals surface area contributed by atoms with Gasteiger partial charge in [0.15, 0.2) is 0 Å². The quantitative estimate of drug-likeness (QED) is 0.868. The first-order valence-electron chi connectivity index (χ1n) is 7.93. The molecule has 2 aromatic carbocycles. The van der Waals surface area contributed by atoms with E-state index in [4.69, 9.17) is 0 Å². The number of urea groups is 1. The van der Waals surface area contributed by atoms with Crippen molar-refractivity contribution in [2.75, 3.05) is 28.2 Å². The molecule has 5 heteroatoms. The maximum Gasteiger partial charge on any atom is 0.326 e. The smallest absolute Gasteiger partial charge is 0.326 e. The number of nitrogens with one attached hydrogen (secondary N) is 1. The number of carbonyl (C=O) groups is 1. The molecule has 2 aromatic rings. The molecule has 4 nitrogen and oxygen atoms in total. The van der Waals surface area contributed by atoms with Crippen molar-refractivity contribution >= 4 is 23.1 Å². The Hall–Kier alpha value is -2.56. The molecule has 2 aliphatic heterocycles. The number of nitrogens with zero attached hydrogens (tertiary/aromatic N) is 2. The van der Waals surface area contributed by atoms with Gasteiger partial charge in [0.25, 0.3) is 0 Å². The maximum atomic E-state index is 13.8. The van der Waals surface area contributed by atoms with E-state index in [0.717, 1.165) is 30.8 Å². The van der Waals surface area contributed by atoms with Gasteiger partial charge in [-0.05, 0) is 37.1 Å². The highest BCUT2D eigenvalue weighted by atomic mass is 19.1. The van der Waals surface area contributed by atoms with Crippen LogP contribution in [-0.2, 0) is 0 Å². The fraction of sp³-hybridized carbons (Fsp3) is 0.278. The zero-order valence-electron chi connectivity index (χ0n) is 12.7. The molecule has 2 amide bonds. The maximum absolute atomic E-state index is 13.8. The number of halogens is 1. The lowest BCUT2D eigenvalue weighted by Crippen LogP contribution is -2.49. The van der Waals surface area contributed by atoms with Gasteiger partial charge >= 0.3 is 6.03 Å². The molecule has 4 rings (SSSR count). The molecule has 1 atom stereocenters. The Bertz CT molecular complexity index is 749. The number of amides is 2. The van der Waals surface area contributed by atoms with Crippen LogP contribution in [0.1, 0.15) is 12.8 Å². The van der Waals surface area contributed by atoms with Crippen LogP contribution in [0.15, 0.2) is 48.5 Å². The average Bonchev–Trinajstić information content (AvgIpc) is 3.05. The fourth-order valence-electron chi connectivity index (χ4n) is 3.52. The van der Waals surface area contributed by atoms with Crippen LogP contribution in [0, 0.1) is 5.82 Å². The van der Waals surface area contributed by atoms with Crippen molar-refractivity contribution in [3.05, 3.63) is 54.3 Å². The molecule has 1 fully saturated rings. The number of para-hydroxylation sites is 3. The second kappa shape index (κ2) is 5.57. The molecule has 0 aliphatic carbocycles. The molecule has 2 aliphatic rings. The summed E-state index contributed by atoms with van der Waals surface area (Å²) in [5, 5.41) is 2.69. The normalized spacial score (nSPS) is 19.3. The highest BCUT2D eigenvalue weighted by Crippen LogP contribution is 2.39. The van der Waals surface area contributed by atoms with E-state index in [-0.39, 0.29) is 11.7 Å². The van der Waals surface area contributed by atoms with Crippen LogP contribution in [0.2, 0.25) is 0 Å². The molecular formula is C18H18FN3O. The van der Waals surface area contributed by atoms with E-state index in [1.54, 1.807) is 23.1 Å². The third-order valence-electron chi connectivity index (χ3n) is 4.61. The van der Waals surface area contributed by atoms with E-state index in [0.29, 0.717) is 12.6 Å². The second-order valence-corrected chi connectivity index (χ2v) is 6.00. The Labute approximate surface area is 134 Å². The highest BCUT2D eigenvalue weighted by molar-refractivity contribution is 6.04. The van der Waals surface area contributed by atoms with Crippen molar-refractivity contribution in [1.29, 1.82) is 0 Å². The van der Waals surface area contributed by atoms with Crippen LogP contribution in [0.25, 0.3) is 0 Å². The van der Waals surface area contributed by atoms with Crippen LogP contribution in [0.5, 0.6) is 0 Å². The van der Waals surface area contributed by atoms with E-state index in [1.165, 1.54) is 6.07 Å². The van der Waals surface area contributed by atoms with Crippen LogP contribution >= 0.6 is 0 Å². The zero-order valence-corrected chi connectivity index (χ0v) is 12.7. The number of carbonyl (C=O) groups excluding carboxylic acids is 1. The Morgan fingerprint density at radius 2 is 1.83 bits per heavy atom. The molecule has 0 aromatic heterocycles. The Morgan fingerprint density at radius 1 is 1.09 bits per heavy atom. The summed E-state index contributed by atoms with van der Waals surface area (Å²) < 4.78 is 13.8. The van der Waals surface area contributed by atoms with E-state index in [1.807, 2.05) is 18.2 Å². The molecule has 1 N–H and O–H groups in total. The van der Waals surface area contributed by atoms with Crippen LogP contribution < -0.4 is 15.1 Å². The predicted octanol–water partition coefficient (Wildman–Crippen LogP) is 3.85. The summed E-state index contributed by atoms with van der Waals surface area (Å²) >= 11 is 0. The highest BCUT2D eigenvalue weighted by Gasteiger charge is 2.36. The molecule has 1 saturated heterocycles. The lowest BCUT2D eigenvalue weighted by molar-refractivity contribution is 0.256. The van der Waals surface area contributed by atoms with Gasteiger partial charge < -0.3 is 10.2 Å². The minimum absolute atomic E-state index is 0.212. The Balaban J connectivity index is 1.65. The average molecular weight is 311 g/mol. The first kappa shape index (κ1) is 14.1. The molecule has 0 saturated carbocycles. The molecular weight excluding hydrogens is 293 g/mol. The van der Waals surface area contributed by atoms with Crippen LogP contribution in [0.3, 0.4) is 0 Å². The van der Waals surface area contributed by atoms with E-state index in [9.17, 15) is 9.18 Å². The van der Waals surface area contributed by atoms with Gasteiger partial charge in [-0.25, -0.2) is 9.18 Å². The van der Waals surface area contributed by atoms with Gasteiger partial charge in [-0.1, -0.05) is 24.3 Å². The summed E-state index contributed by atoms with van der Waals surface area (Å²) in [5.41, 5.74) is 2.19. The van der Waals surface area contributed by atoms with Crippen LogP contribution in [-0.4, -0.2) is 25.2 Å². The fourth-order valence-corrected chi connectivity index (χ4v) is 3.52. The van der Waals surface area contributed by atoms with Crippen molar-refractivity contribution in [3.63, 3.8) is 0 Å². The molecule has 0 bridgehead atoms. The number of rotatable bonds is 1. The van der Waals surface area contributed by atoms with Gasteiger partial charge in [0.05, 0.1) is 17.1 Å². The molecule has 2 heterocycles. The van der Waals surface area contributed by atoms with Crippen molar-refractivity contribution in [1.82, 2.24) is 0 Å². The minimum atomic E-state index is -0.423. The van der Waals surface area contributed by atoms with Crippen molar-refractivity contribution in [3.8, 4) is 0 Å². The predicted molar refractivity (Wildman–Crippen MR) is 89.6 cm³/mol. The number of fused-ring (bicyclic) bond motifs is 3. The van der Waals surface area contributed by atoms with Crippen LogP contribution in [0.4, 0.5) is 26.2 Å². The first-order chi connectivity index (χ1) is 11.2. The van der Waals surface area contributed by atoms with Crippen molar-refractivity contribution in [2.24, 2.45) is 0 Å². The molecule has 23 heavy (non-hydrogen) atoms. The summed E-state index contributed by atoms with van der Waals surface area (Å²) in [6, 6.07) is 14.2. The molecule has 118 valence electrons. The number of anilines is 3. The SMILES string of the molecule is O=C(Nc1ccccc1F)N1C[C@H]2CCCN2c2ccccc21. The lowest BCUT2D eigenvalue weighted by atomic mass is 10.1. The number of benzene rings is 2. The second-order valence-electron chi connectivity index (χ2n) is 6.00. The first-order valence-corrected chi connectivity index (χ1v) is 7.93. The Kier molecular flexibility index (Phi) is 3.41. The third kappa shape index (κ3) is 2.42. The monoisotopic (exact) mass is 311 g/mol. The van der Waals surface area contributed by atoms with E-state index >= 15 is 0 Å². The minimum Gasteiger partial charge on any atom is -0.365 e. The van der Waals surface area contributed by atoms with Gasteiger partial charge in [-0.3, -0.25) is 4.90 Å². The summed E-state index contributed by atoms with van der Waals surface area (Å²) in [6.45, 7) is 1.67. The van der Waals surface area contributed by atoms with Gasteiger partial charge in [0.2, 0.25) is 0 Å². The molecule has 0 spiro atoms. The largest absolute Gasteiger partial charge is 0.365 e. The lowest BCUT2D eigenvalue weighted by Gasteiger charge is -2.40. The molecule has 0 radical (unpaired) electrons. The van der Waals surface area contributed by atoms with Crippen molar-refractivity contribution in [2.45, 2.75) is 18.9 Å². The third-order valence-corrected chi connectivity index (χ3v) is 4.61. The van der Waals surface area contributed by atoms with Gasteiger partial charge in [0.1, 0.15) is 5.82 Å². The summed E-state index contributed by atoms with van der Waals surface area (Å²) in [5.74, 6) is -0.423. The summed E-state index contributed by atoms with van der Waals surface area (Å²) in [7, 11) is 0. The van der Waals surface area contributed by atoms with Gasteiger partial charge in [-0.15, -0.1) is 0 Å². The van der Waals surface area contributed by atoms with Gasteiger partial charge in [0, 0.05) is 19.1 Å². The van der Waals surface area contributed by atoms with E-state index in [2.05, 4.69) is 16.3 Å². The molecule has 0 unspecified atom stereocenters.